The number of aryl methyl sites for hydroxylation is 1. The summed E-state index contributed by atoms with van der Waals surface area (Å²) in [6.45, 7) is 1.21. The summed E-state index contributed by atoms with van der Waals surface area (Å²) in [4.78, 5) is 28.9. The fourth-order valence-electron chi connectivity index (χ4n) is 4.62. The van der Waals surface area contributed by atoms with Crippen molar-refractivity contribution >= 4 is 27.5 Å². The van der Waals surface area contributed by atoms with Crippen LogP contribution >= 0.6 is 0 Å². The minimum atomic E-state index is -4.21. The van der Waals surface area contributed by atoms with Crippen molar-refractivity contribution in [1.82, 2.24) is 10.2 Å². The first-order valence-electron chi connectivity index (χ1n) is 13.6. The molecule has 0 fully saturated rings. The van der Waals surface area contributed by atoms with E-state index in [0.717, 1.165) is 15.4 Å². The van der Waals surface area contributed by atoms with Crippen molar-refractivity contribution < 1.29 is 27.1 Å². The van der Waals surface area contributed by atoms with E-state index in [9.17, 15) is 22.4 Å². The molecule has 0 unspecified atom stereocenters. The summed E-state index contributed by atoms with van der Waals surface area (Å²) in [5.41, 5.74) is 2.52. The van der Waals surface area contributed by atoms with Crippen molar-refractivity contribution in [2.75, 3.05) is 25.0 Å². The number of carbonyl (C=O) groups is 2. The van der Waals surface area contributed by atoms with Crippen molar-refractivity contribution in [2.45, 2.75) is 30.8 Å². The topological polar surface area (TPSA) is 96.0 Å². The van der Waals surface area contributed by atoms with Gasteiger partial charge >= 0.3 is 0 Å². The van der Waals surface area contributed by atoms with Gasteiger partial charge in [0.2, 0.25) is 11.8 Å². The summed E-state index contributed by atoms with van der Waals surface area (Å²) in [7, 11) is -1.24. The molecule has 0 saturated carbocycles. The first-order chi connectivity index (χ1) is 20.6. The fourth-order valence-corrected chi connectivity index (χ4v) is 6.04. The van der Waals surface area contributed by atoms with Crippen LogP contribution in [0.2, 0.25) is 0 Å². The molecule has 0 spiro atoms. The van der Waals surface area contributed by atoms with Gasteiger partial charge in [-0.2, -0.15) is 0 Å². The Hall–Kier alpha value is -4.70. The van der Waals surface area contributed by atoms with E-state index in [1.165, 1.54) is 55.5 Å². The van der Waals surface area contributed by atoms with Crippen LogP contribution in [-0.2, 0) is 32.6 Å². The van der Waals surface area contributed by atoms with E-state index in [-0.39, 0.29) is 23.5 Å². The van der Waals surface area contributed by atoms with E-state index in [1.54, 1.807) is 36.4 Å². The molecule has 10 heteroatoms. The van der Waals surface area contributed by atoms with Crippen molar-refractivity contribution in [2.24, 2.45) is 0 Å². The zero-order valence-electron chi connectivity index (χ0n) is 24.2. The Morgan fingerprint density at radius 3 is 2.07 bits per heavy atom. The molecule has 2 amide bonds. The van der Waals surface area contributed by atoms with Crippen molar-refractivity contribution in [3.05, 3.63) is 126 Å². The minimum Gasteiger partial charge on any atom is -0.497 e. The summed E-state index contributed by atoms with van der Waals surface area (Å²) in [5, 5.41) is 2.64. The normalized spacial score (nSPS) is 11.8. The number of rotatable bonds is 12. The van der Waals surface area contributed by atoms with Gasteiger partial charge in [0, 0.05) is 20.0 Å². The molecular formula is C33H34FN3O5S. The Bertz CT molecular complexity index is 1630. The number of hydrogen-bond donors (Lipinski definition) is 1. The zero-order valence-corrected chi connectivity index (χ0v) is 25.1. The molecular weight excluding hydrogens is 569 g/mol. The van der Waals surface area contributed by atoms with Crippen LogP contribution in [0.4, 0.5) is 10.1 Å². The number of ether oxygens (including phenoxy) is 1. The smallest absolute Gasteiger partial charge is 0.264 e. The number of sulfonamides is 1. The third kappa shape index (κ3) is 7.78. The van der Waals surface area contributed by atoms with Crippen LogP contribution in [0, 0.1) is 12.7 Å². The van der Waals surface area contributed by atoms with Gasteiger partial charge < -0.3 is 15.0 Å². The van der Waals surface area contributed by atoms with Crippen molar-refractivity contribution in [3.8, 4) is 5.75 Å². The van der Waals surface area contributed by atoms with Crippen LogP contribution in [0.25, 0.3) is 0 Å². The number of benzene rings is 4. The number of nitrogens with zero attached hydrogens (tertiary/aromatic N) is 2. The van der Waals surface area contributed by atoms with E-state index < -0.39 is 40.2 Å². The highest BCUT2D eigenvalue weighted by Gasteiger charge is 2.34. The predicted molar refractivity (Wildman–Crippen MR) is 164 cm³/mol. The zero-order chi connectivity index (χ0) is 31.0. The lowest BCUT2D eigenvalue weighted by Crippen LogP contribution is -2.53. The molecule has 0 aromatic heterocycles. The number of anilines is 1. The largest absolute Gasteiger partial charge is 0.497 e. The predicted octanol–water partition coefficient (Wildman–Crippen LogP) is 4.72. The SMILES string of the molecule is CNC(=O)[C@@H](Cc1ccccc1)N(Cc1ccc(F)cc1)C(=O)CN(c1ccc(OC)cc1)S(=O)(=O)c1ccc(C)cc1. The third-order valence-corrected chi connectivity index (χ3v) is 8.82. The second-order valence-electron chi connectivity index (χ2n) is 9.99. The second-order valence-corrected chi connectivity index (χ2v) is 11.9. The van der Waals surface area contributed by atoms with Crippen LogP contribution in [0.5, 0.6) is 5.75 Å². The molecule has 0 bridgehead atoms. The molecule has 4 rings (SSSR count). The van der Waals surface area contributed by atoms with Crippen molar-refractivity contribution in [1.29, 1.82) is 0 Å². The number of amides is 2. The number of halogens is 1. The second kappa shape index (κ2) is 14.0. The monoisotopic (exact) mass is 603 g/mol. The molecule has 8 nitrogen and oxygen atoms in total. The van der Waals surface area contributed by atoms with Crippen LogP contribution in [-0.4, -0.2) is 51.9 Å². The van der Waals surface area contributed by atoms with Gasteiger partial charge in [-0.15, -0.1) is 0 Å². The van der Waals surface area contributed by atoms with Gasteiger partial charge in [-0.05, 0) is 66.6 Å². The molecule has 4 aromatic carbocycles. The van der Waals surface area contributed by atoms with Crippen LogP contribution in [0.15, 0.2) is 108 Å². The number of likely N-dealkylation sites (N-methyl/N-ethyl adjacent to an activating group) is 1. The Morgan fingerprint density at radius 1 is 0.860 bits per heavy atom. The van der Waals surface area contributed by atoms with Gasteiger partial charge in [0.05, 0.1) is 17.7 Å². The number of hydrogen-bond acceptors (Lipinski definition) is 5. The molecule has 0 saturated heterocycles. The lowest BCUT2D eigenvalue weighted by molar-refractivity contribution is -0.139. The lowest BCUT2D eigenvalue weighted by atomic mass is 10.0. The average molecular weight is 604 g/mol. The van der Waals surface area contributed by atoms with Crippen molar-refractivity contribution in [3.63, 3.8) is 0 Å². The van der Waals surface area contributed by atoms with Crippen LogP contribution in [0.1, 0.15) is 16.7 Å². The Kier molecular flexibility index (Phi) is 10.2. The Balaban J connectivity index is 1.78. The maximum Gasteiger partial charge on any atom is 0.264 e. The molecule has 0 aliphatic rings. The quantitative estimate of drug-likeness (QED) is 0.253. The Labute approximate surface area is 251 Å². The van der Waals surface area contributed by atoms with Crippen LogP contribution in [0.3, 0.4) is 0 Å². The maximum absolute atomic E-state index is 14.2. The molecule has 4 aromatic rings. The maximum atomic E-state index is 14.2. The third-order valence-electron chi connectivity index (χ3n) is 7.03. The first-order valence-corrected chi connectivity index (χ1v) is 15.1. The Morgan fingerprint density at radius 2 is 1.49 bits per heavy atom. The van der Waals surface area contributed by atoms with Gasteiger partial charge in [-0.25, -0.2) is 12.8 Å². The van der Waals surface area contributed by atoms with E-state index in [4.69, 9.17) is 4.74 Å². The summed E-state index contributed by atoms with van der Waals surface area (Å²) in [5.74, 6) is -0.955. The minimum absolute atomic E-state index is 0.0129. The number of carbonyl (C=O) groups excluding carboxylic acids is 2. The standard InChI is InChI=1S/C33H34FN3O5S/c1-24-9-19-30(20-10-24)43(40,41)37(28-15-17-29(42-3)18-16-28)23-32(38)36(22-26-11-13-27(34)14-12-26)31(33(39)35-2)21-25-7-5-4-6-8-25/h4-20,31H,21-23H2,1-3H3,(H,35,39)/t31-/m1/s1. The van der Waals surface area contributed by atoms with Gasteiger partial charge in [0.1, 0.15) is 24.2 Å². The summed E-state index contributed by atoms with van der Waals surface area (Å²) in [6, 6.07) is 26.5. The van der Waals surface area contributed by atoms with E-state index >= 15 is 0 Å². The lowest BCUT2D eigenvalue weighted by Gasteiger charge is -2.33. The van der Waals surface area contributed by atoms with Gasteiger partial charge in [0.25, 0.3) is 10.0 Å². The fraction of sp³-hybridized carbons (Fsp3) is 0.212. The number of nitrogens with one attached hydrogen (secondary N) is 1. The number of methoxy groups -OCH3 is 1. The highest BCUT2D eigenvalue weighted by Crippen LogP contribution is 2.27. The molecule has 43 heavy (non-hydrogen) atoms. The van der Waals surface area contributed by atoms with E-state index in [1.807, 2.05) is 37.3 Å². The molecule has 224 valence electrons. The molecule has 0 aliphatic heterocycles. The summed E-state index contributed by atoms with van der Waals surface area (Å²) < 4.78 is 48.0. The van der Waals surface area contributed by atoms with Crippen LogP contribution < -0.4 is 14.4 Å². The highest BCUT2D eigenvalue weighted by molar-refractivity contribution is 7.92. The molecule has 1 N–H and O–H groups in total. The molecule has 0 aliphatic carbocycles. The molecule has 0 heterocycles. The van der Waals surface area contributed by atoms with Gasteiger partial charge in [0.15, 0.2) is 0 Å². The average Bonchev–Trinajstić information content (AvgIpc) is 3.02. The highest BCUT2D eigenvalue weighted by atomic mass is 32.2. The van der Waals surface area contributed by atoms with E-state index in [0.29, 0.717) is 11.3 Å². The molecule has 1 atom stereocenters. The summed E-state index contributed by atoms with van der Waals surface area (Å²) >= 11 is 0. The molecule has 0 radical (unpaired) electrons. The first kappa shape index (κ1) is 31.2. The van der Waals surface area contributed by atoms with Gasteiger partial charge in [-0.3, -0.25) is 13.9 Å². The van der Waals surface area contributed by atoms with E-state index in [2.05, 4.69) is 5.32 Å². The summed E-state index contributed by atoms with van der Waals surface area (Å²) in [6.07, 6.45) is 0.181. The van der Waals surface area contributed by atoms with Gasteiger partial charge in [-0.1, -0.05) is 60.2 Å².